The van der Waals surface area contributed by atoms with Crippen LogP contribution in [0.5, 0.6) is 0 Å². The standard InChI is InChI=1S/C19H23N3O/c1-13-7-8-17(20)11-18(13)21-19(23)14(2)22-10-9-15-5-3-4-6-16(15)12-22/h3-8,11,14H,9-10,12,20H2,1-2H3,(H,21,23). The number of nitrogens with one attached hydrogen (secondary N) is 1. The third-order valence-electron chi connectivity index (χ3n) is 4.61. The number of amides is 1. The topological polar surface area (TPSA) is 58.4 Å². The lowest BCUT2D eigenvalue weighted by Gasteiger charge is -2.33. The highest BCUT2D eigenvalue weighted by Crippen LogP contribution is 2.22. The van der Waals surface area contributed by atoms with E-state index in [9.17, 15) is 4.79 Å². The molecule has 0 fully saturated rings. The van der Waals surface area contributed by atoms with Gasteiger partial charge in [0.15, 0.2) is 0 Å². The highest BCUT2D eigenvalue weighted by molar-refractivity contribution is 5.95. The van der Waals surface area contributed by atoms with Crippen molar-refractivity contribution < 1.29 is 4.79 Å². The van der Waals surface area contributed by atoms with E-state index in [-0.39, 0.29) is 11.9 Å². The Morgan fingerprint density at radius 1 is 1.22 bits per heavy atom. The monoisotopic (exact) mass is 309 g/mol. The van der Waals surface area contributed by atoms with Gasteiger partial charge >= 0.3 is 0 Å². The molecule has 1 atom stereocenters. The van der Waals surface area contributed by atoms with E-state index in [2.05, 4.69) is 34.5 Å². The number of hydrogen-bond donors (Lipinski definition) is 2. The Morgan fingerprint density at radius 2 is 1.96 bits per heavy atom. The summed E-state index contributed by atoms with van der Waals surface area (Å²) in [7, 11) is 0. The normalized spacial score (nSPS) is 15.7. The Kier molecular flexibility index (Phi) is 4.35. The Bertz CT molecular complexity index is 726. The van der Waals surface area contributed by atoms with E-state index in [1.165, 1.54) is 11.1 Å². The highest BCUT2D eigenvalue weighted by atomic mass is 16.2. The van der Waals surface area contributed by atoms with Gasteiger partial charge in [-0.15, -0.1) is 0 Å². The van der Waals surface area contributed by atoms with E-state index in [1.54, 1.807) is 0 Å². The molecule has 1 aliphatic rings. The molecule has 3 rings (SSSR count). The lowest BCUT2D eigenvalue weighted by molar-refractivity contribution is -0.121. The molecule has 1 heterocycles. The van der Waals surface area contributed by atoms with E-state index in [0.29, 0.717) is 5.69 Å². The van der Waals surface area contributed by atoms with Gasteiger partial charge < -0.3 is 11.1 Å². The van der Waals surface area contributed by atoms with Crippen LogP contribution in [0.3, 0.4) is 0 Å². The first-order valence-corrected chi connectivity index (χ1v) is 8.02. The molecule has 2 aromatic carbocycles. The first-order chi connectivity index (χ1) is 11.0. The van der Waals surface area contributed by atoms with Crippen molar-refractivity contribution in [2.24, 2.45) is 0 Å². The van der Waals surface area contributed by atoms with Crippen LogP contribution in [-0.4, -0.2) is 23.4 Å². The van der Waals surface area contributed by atoms with Crippen LogP contribution in [0, 0.1) is 6.92 Å². The quantitative estimate of drug-likeness (QED) is 0.857. The van der Waals surface area contributed by atoms with Crippen molar-refractivity contribution in [3.63, 3.8) is 0 Å². The van der Waals surface area contributed by atoms with E-state index < -0.39 is 0 Å². The van der Waals surface area contributed by atoms with Gasteiger partial charge in [-0.25, -0.2) is 0 Å². The van der Waals surface area contributed by atoms with Crippen molar-refractivity contribution in [1.82, 2.24) is 4.90 Å². The largest absolute Gasteiger partial charge is 0.399 e. The number of fused-ring (bicyclic) bond motifs is 1. The summed E-state index contributed by atoms with van der Waals surface area (Å²) in [5.41, 5.74) is 11.0. The summed E-state index contributed by atoms with van der Waals surface area (Å²) in [6.45, 7) is 5.66. The molecule has 120 valence electrons. The summed E-state index contributed by atoms with van der Waals surface area (Å²) < 4.78 is 0. The van der Waals surface area contributed by atoms with Crippen molar-refractivity contribution in [1.29, 1.82) is 0 Å². The number of benzene rings is 2. The van der Waals surface area contributed by atoms with Crippen LogP contribution in [0.15, 0.2) is 42.5 Å². The molecule has 4 nitrogen and oxygen atoms in total. The van der Waals surface area contributed by atoms with Gasteiger partial charge in [-0.3, -0.25) is 9.69 Å². The number of aryl methyl sites for hydroxylation is 1. The average Bonchev–Trinajstić information content (AvgIpc) is 2.57. The van der Waals surface area contributed by atoms with E-state index in [4.69, 9.17) is 5.73 Å². The molecule has 3 N–H and O–H groups in total. The smallest absolute Gasteiger partial charge is 0.241 e. The molecule has 1 amide bonds. The van der Waals surface area contributed by atoms with Crippen LogP contribution >= 0.6 is 0 Å². The first-order valence-electron chi connectivity index (χ1n) is 8.02. The minimum Gasteiger partial charge on any atom is -0.399 e. The molecule has 1 unspecified atom stereocenters. The highest BCUT2D eigenvalue weighted by Gasteiger charge is 2.25. The molecule has 0 radical (unpaired) electrons. The average molecular weight is 309 g/mol. The molecular formula is C19H23N3O. The van der Waals surface area contributed by atoms with Gasteiger partial charge in [-0.1, -0.05) is 30.3 Å². The zero-order valence-corrected chi connectivity index (χ0v) is 13.7. The maximum atomic E-state index is 12.6. The maximum Gasteiger partial charge on any atom is 0.241 e. The summed E-state index contributed by atoms with van der Waals surface area (Å²) in [5, 5.41) is 3.01. The zero-order chi connectivity index (χ0) is 16.4. The van der Waals surface area contributed by atoms with Crippen LogP contribution in [0.25, 0.3) is 0 Å². The molecule has 4 heteroatoms. The third-order valence-corrected chi connectivity index (χ3v) is 4.61. The van der Waals surface area contributed by atoms with E-state index in [0.717, 1.165) is 30.8 Å². The van der Waals surface area contributed by atoms with Gasteiger partial charge in [0.25, 0.3) is 0 Å². The minimum absolute atomic E-state index is 0.0121. The van der Waals surface area contributed by atoms with Crippen molar-refractivity contribution in [2.45, 2.75) is 32.9 Å². The fraction of sp³-hybridized carbons (Fsp3) is 0.316. The van der Waals surface area contributed by atoms with Crippen LogP contribution in [0.2, 0.25) is 0 Å². The number of rotatable bonds is 3. The number of carbonyl (C=O) groups excluding carboxylic acids is 1. The first kappa shape index (κ1) is 15.6. The summed E-state index contributed by atoms with van der Waals surface area (Å²) in [6.07, 6.45) is 0.991. The molecule has 1 aliphatic heterocycles. The van der Waals surface area contributed by atoms with Crippen LogP contribution < -0.4 is 11.1 Å². The van der Waals surface area contributed by atoms with E-state index >= 15 is 0 Å². The lowest BCUT2D eigenvalue weighted by Crippen LogP contribution is -2.44. The van der Waals surface area contributed by atoms with Gasteiger partial charge in [0.2, 0.25) is 5.91 Å². The Labute approximate surface area is 137 Å². The lowest BCUT2D eigenvalue weighted by atomic mass is 9.98. The predicted octanol–water partition coefficient (Wildman–Crippen LogP) is 2.96. The maximum absolute atomic E-state index is 12.6. The van der Waals surface area contributed by atoms with Crippen LogP contribution in [0.4, 0.5) is 11.4 Å². The zero-order valence-electron chi connectivity index (χ0n) is 13.7. The molecule has 0 saturated heterocycles. The van der Waals surface area contributed by atoms with Crippen molar-refractivity contribution in [3.05, 3.63) is 59.2 Å². The summed E-state index contributed by atoms with van der Waals surface area (Å²) >= 11 is 0. The SMILES string of the molecule is Cc1ccc(N)cc1NC(=O)C(C)N1CCc2ccccc2C1. The number of nitrogens with zero attached hydrogens (tertiary/aromatic N) is 1. The van der Waals surface area contributed by atoms with Crippen molar-refractivity contribution >= 4 is 17.3 Å². The predicted molar refractivity (Wildman–Crippen MR) is 94.2 cm³/mol. The molecular weight excluding hydrogens is 286 g/mol. The number of nitrogen functional groups attached to an aromatic ring is 1. The molecule has 23 heavy (non-hydrogen) atoms. The molecule has 0 saturated carbocycles. The fourth-order valence-corrected chi connectivity index (χ4v) is 3.03. The molecule has 0 aliphatic carbocycles. The Hall–Kier alpha value is -2.33. The Balaban J connectivity index is 1.70. The minimum atomic E-state index is -0.177. The van der Waals surface area contributed by atoms with Crippen molar-refractivity contribution in [3.8, 4) is 0 Å². The van der Waals surface area contributed by atoms with Gasteiger partial charge in [-0.05, 0) is 49.1 Å². The van der Waals surface area contributed by atoms with Crippen LogP contribution in [-0.2, 0) is 17.8 Å². The van der Waals surface area contributed by atoms with Gasteiger partial charge in [0.05, 0.1) is 6.04 Å². The molecule has 0 aromatic heterocycles. The molecule has 0 spiro atoms. The third kappa shape index (κ3) is 3.37. The number of nitrogens with two attached hydrogens (primary N) is 1. The van der Waals surface area contributed by atoms with Gasteiger partial charge in [0.1, 0.15) is 0 Å². The summed E-state index contributed by atoms with van der Waals surface area (Å²) in [5.74, 6) is 0.0121. The van der Waals surface area contributed by atoms with Gasteiger partial charge in [0, 0.05) is 24.5 Å². The number of hydrogen-bond acceptors (Lipinski definition) is 3. The van der Waals surface area contributed by atoms with Crippen LogP contribution in [0.1, 0.15) is 23.6 Å². The Morgan fingerprint density at radius 3 is 2.74 bits per heavy atom. The summed E-state index contributed by atoms with van der Waals surface area (Å²) in [4.78, 5) is 14.8. The second-order valence-electron chi connectivity index (χ2n) is 6.23. The van der Waals surface area contributed by atoms with Crippen molar-refractivity contribution in [2.75, 3.05) is 17.6 Å². The molecule has 2 aromatic rings. The second-order valence-corrected chi connectivity index (χ2v) is 6.23. The summed E-state index contributed by atoms with van der Waals surface area (Å²) in [6, 6.07) is 13.9. The van der Waals surface area contributed by atoms with E-state index in [1.807, 2.05) is 32.0 Å². The second kappa shape index (κ2) is 6.42. The van der Waals surface area contributed by atoms with Gasteiger partial charge in [-0.2, -0.15) is 0 Å². The fourth-order valence-electron chi connectivity index (χ4n) is 3.03. The number of anilines is 2. The number of carbonyl (C=O) groups is 1. The molecule has 0 bridgehead atoms.